The van der Waals surface area contributed by atoms with Crippen molar-refractivity contribution in [3.8, 4) is 5.75 Å². The third-order valence-corrected chi connectivity index (χ3v) is 3.67. The van der Waals surface area contributed by atoms with Crippen LogP contribution in [0.5, 0.6) is 5.75 Å². The lowest BCUT2D eigenvalue weighted by Gasteiger charge is -2.13. The molecule has 0 aliphatic rings. The summed E-state index contributed by atoms with van der Waals surface area (Å²) >= 11 is 8.55. The second-order valence-electron chi connectivity index (χ2n) is 4.57. The van der Waals surface area contributed by atoms with Crippen molar-refractivity contribution in [3.05, 3.63) is 58.1 Å². The molecule has 114 valence electrons. The molecular formula is C16H15BrN2O2S. The molecule has 0 unspecified atom stereocenters. The third-order valence-electron chi connectivity index (χ3n) is 2.97. The highest BCUT2D eigenvalue weighted by Gasteiger charge is 2.15. The first kappa shape index (κ1) is 16.5. The fourth-order valence-electron chi connectivity index (χ4n) is 2.00. The van der Waals surface area contributed by atoms with E-state index in [1.807, 2.05) is 37.3 Å². The average molecular weight is 379 g/mol. The number of hydrogen-bond acceptors (Lipinski definition) is 3. The summed E-state index contributed by atoms with van der Waals surface area (Å²) in [5.41, 5.74) is 2.12. The van der Waals surface area contributed by atoms with Crippen molar-refractivity contribution in [2.75, 3.05) is 12.4 Å². The number of thiocarbonyl (C=S) groups is 1. The molecule has 2 N–H and O–H groups in total. The smallest absolute Gasteiger partial charge is 0.261 e. The van der Waals surface area contributed by atoms with Crippen LogP contribution >= 0.6 is 28.1 Å². The second kappa shape index (κ2) is 7.38. The van der Waals surface area contributed by atoms with Crippen LogP contribution in [0.25, 0.3) is 0 Å². The van der Waals surface area contributed by atoms with E-state index < -0.39 is 0 Å². The van der Waals surface area contributed by atoms with Gasteiger partial charge in [0.15, 0.2) is 5.11 Å². The predicted molar refractivity (Wildman–Crippen MR) is 95.6 cm³/mol. The van der Waals surface area contributed by atoms with Crippen molar-refractivity contribution in [1.82, 2.24) is 5.32 Å². The summed E-state index contributed by atoms with van der Waals surface area (Å²) in [6, 6.07) is 12.9. The molecule has 22 heavy (non-hydrogen) atoms. The number of ether oxygens (including phenoxy) is 1. The minimum atomic E-state index is -0.312. The van der Waals surface area contributed by atoms with E-state index in [-0.39, 0.29) is 11.0 Å². The molecule has 0 aliphatic carbocycles. The maximum Gasteiger partial charge on any atom is 0.261 e. The zero-order chi connectivity index (χ0) is 16.1. The lowest BCUT2D eigenvalue weighted by molar-refractivity contribution is 0.0974. The van der Waals surface area contributed by atoms with Crippen molar-refractivity contribution in [3.63, 3.8) is 0 Å². The minimum Gasteiger partial charge on any atom is -0.496 e. The number of amides is 1. The van der Waals surface area contributed by atoms with E-state index >= 15 is 0 Å². The zero-order valence-electron chi connectivity index (χ0n) is 12.1. The van der Waals surface area contributed by atoms with E-state index in [2.05, 4.69) is 26.6 Å². The Hall–Kier alpha value is -1.92. The van der Waals surface area contributed by atoms with Crippen LogP contribution in [0.15, 0.2) is 46.9 Å². The second-order valence-corrected chi connectivity index (χ2v) is 5.90. The molecular weight excluding hydrogens is 364 g/mol. The number of methoxy groups -OCH3 is 1. The quantitative estimate of drug-likeness (QED) is 0.795. The summed E-state index contributed by atoms with van der Waals surface area (Å²) in [5, 5.41) is 5.84. The number of anilines is 1. The Kier molecular flexibility index (Phi) is 5.51. The highest BCUT2D eigenvalue weighted by molar-refractivity contribution is 9.10. The summed E-state index contributed by atoms with van der Waals surface area (Å²) in [7, 11) is 1.54. The van der Waals surface area contributed by atoms with Gasteiger partial charge in [0.25, 0.3) is 5.91 Å². The van der Waals surface area contributed by atoms with Crippen molar-refractivity contribution in [1.29, 1.82) is 0 Å². The number of benzene rings is 2. The average Bonchev–Trinajstić information content (AvgIpc) is 2.46. The molecule has 0 aromatic heterocycles. The van der Waals surface area contributed by atoms with Crippen molar-refractivity contribution < 1.29 is 9.53 Å². The Morgan fingerprint density at radius 1 is 1.23 bits per heavy atom. The van der Waals surface area contributed by atoms with Crippen LogP contribution < -0.4 is 15.4 Å². The van der Waals surface area contributed by atoms with Crippen LogP contribution in [0.4, 0.5) is 5.69 Å². The lowest BCUT2D eigenvalue weighted by atomic mass is 10.1. The standard InChI is InChI=1S/C16H15BrN2O2S/c1-10-5-3-8-13(14(10)21-2)15(20)19-16(22)18-12-7-4-6-11(17)9-12/h3-9H,1-2H3,(H2,18,19,20,22). The maximum atomic E-state index is 12.3. The summed E-state index contributed by atoms with van der Waals surface area (Å²) in [5.74, 6) is 0.235. The maximum absolute atomic E-state index is 12.3. The third kappa shape index (κ3) is 4.05. The summed E-state index contributed by atoms with van der Waals surface area (Å²) in [6.07, 6.45) is 0. The molecule has 0 spiro atoms. The van der Waals surface area contributed by atoms with Gasteiger partial charge < -0.3 is 10.1 Å². The van der Waals surface area contributed by atoms with Gasteiger partial charge in [0, 0.05) is 10.2 Å². The van der Waals surface area contributed by atoms with Gasteiger partial charge in [0.1, 0.15) is 5.75 Å². The zero-order valence-corrected chi connectivity index (χ0v) is 14.5. The summed E-state index contributed by atoms with van der Waals surface area (Å²) in [4.78, 5) is 12.3. The summed E-state index contributed by atoms with van der Waals surface area (Å²) in [6.45, 7) is 1.88. The number of hydrogen-bond donors (Lipinski definition) is 2. The Balaban J connectivity index is 2.09. The van der Waals surface area contributed by atoms with E-state index in [0.29, 0.717) is 11.3 Å². The molecule has 0 bridgehead atoms. The van der Waals surface area contributed by atoms with Gasteiger partial charge in [-0.1, -0.05) is 34.1 Å². The molecule has 0 atom stereocenters. The number of nitrogens with one attached hydrogen (secondary N) is 2. The molecule has 0 saturated heterocycles. The van der Waals surface area contributed by atoms with Crippen molar-refractivity contribution >= 4 is 44.9 Å². The summed E-state index contributed by atoms with van der Waals surface area (Å²) < 4.78 is 6.21. The molecule has 0 aliphatic heterocycles. The number of para-hydroxylation sites is 1. The number of carbonyl (C=O) groups is 1. The molecule has 0 heterocycles. The molecule has 0 saturated carbocycles. The van der Waals surface area contributed by atoms with Crippen LogP contribution in [0.3, 0.4) is 0 Å². The van der Waals surface area contributed by atoms with Gasteiger partial charge in [-0.3, -0.25) is 10.1 Å². The Morgan fingerprint density at radius 2 is 1.95 bits per heavy atom. The topological polar surface area (TPSA) is 50.4 Å². The monoisotopic (exact) mass is 378 g/mol. The molecule has 4 nitrogen and oxygen atoms in total. The number of carbonyl (C=O) groups excluding carboxylic acids is 1. The van der Waals surface area contributed by atoms with E-state index in [0.717, 1.165) is 15.7 Å². The van der Waals surface area contributed by atoms with Crippen molar-refractivity contribution in [2.45, 2.75) is 6.92 Å². The fraction of sp³-hybridized carbons (Fsp3) is 0.125. The van der Waals surface area contributed by atoms with Gasteiger partial charge in [0.2, 0.25) is 0 Å². The van der Waals surface area contributed by atoms with E-state index in [1.165, 1.54) is 7.11 Å². The fourth-order valence-corrected chi connectivity index (χ4v) is 2.61. The molecule has 6 heteroatoms. The molecule has 0 radical (unpaired) electrons. The first-order valence-corrected chi connectivity index (χ1v) is 7.73. The predicted octanol–water partition coefficient (Wildman–Crippen LogP) is 3.89. The molecule has 2 aromatic carbocycles. The Labute approximate surface area is 143 Å². The normalized spacial score (nSPS) is 9.95. The van der Waals surface area contributed by atoms with E-state index in [4.69, 9.17) is 17.0 Å². The number of rotatable bonds is 3. The first-order chi connectivity index (χ1) is 10.5. The van der Waals surface area contributed by atoms with Crippen molar-refractivity contribution in [2.24, 2.45) is 0 Å². The van der Waals surface area contributed by atoms with Crippen LogP contribution in [0.1, 0.15) is 15.9 Å². The lowest BCUT2D eigenvalue weighted by Crippen LogP contribution is -2.34. The molecule has 2 aromatic rings. The van der Waals surface area contributed by atoms with E-state index in [1.54, 1.807) is 12.1 Å². The van der Waals surface area contributed by atoms with Gasteiger partial charge in [-0.05, 0) is 49.0 Å². The van der Waals surface area contributed by atoms with Crippen LogP contribution in [-0.4, -0.2) is 18.1 Å². The molecule has 0 fully saturated rings. The Morgan fingerprint density at radius 3 is 2.64 bits per heavy atom. The largest absolute Gasteiger partial charge is 0.496 e. The first-order valence-electron chi connectivity index (χ1n) is 6.52. The van der Waals surface area contributed by atoms with Gasteiger partial charge in [-0.2, -0.15) is 0 Å². The van der Waals surface area contributed by atoms with E-state index in [9.17, 15) is 4.79 Å². The molecule has 2 rings (SSSR count). The number of aryl methyl sites for hydroxylation is 1. The highest BCUT2D eigenvalue weighted by Crippen LogP contribution is 2.22. The SMILES string of the molecule is COc1c(C)cccc1C(=O)NC(=S)Nc1cccc(Br)c1. The van der Waals surface area contributed by atoms with Crippen LogP contribution in [0.2, 0.25) is 0 Å². The highest BCUT2D eigenvalue weighted by atomic mass is 79.9. The van der Waals surface area contributed by atoms with Gasteiger partial charge in [-0.15, -0.1) is 0 Å². The van der Waals surface area contributed by atoms with Crippen LogP contribution in [0, 0.1) is 6.92 Å². The van der Waals surface area contributed by atoms with Crippen LogP contribution in [-0.2, 0) is 0 Å². The minimum absolute atomic E-state index is 0.228. The Bertz CT molecular complexity index is 719. The van der Waals surface area contributed by atoms with Gasteiger partial charge in [0.05, 0.1) is 12.7 Å². The number of halogens is 1. The van der Waals surface area contributed by atoms with Gasteiger partial charge in [-0.25, -0.2) is 0 Å². The molecule has 1 amide bonds. The van der Waals surface area contributed by atoms with Gasteiger partial charge >= 0.3 is 0 Å².